The lowest BCUT2D eigenvalue weighted by atomic mass is 9.96. The molecule has 2 N–H and O–H groups in total. The summed E-state index contributed by atoms with van der Waals surface area (Å²) in [5.41, 5.74) is 3.44. The molecule has 1 aromatic heterocycles. The lowest BCUT2D eigenvalue weighted by Crippen LogP contribution is -2.44. The van der Waals surface area contributed by atoms with Gasteiger partial charge in [0.25, 0.3) is 0 Å². The Morgan fingerprint density at radius 1 is 1.19 bits per heavy atom. The van der Waals surface area contributed by atoms with Crippen molar-refractivity contribution in [2.24, 2.45) is 5.92 Å². The normalized spacial score (nSPS) is 19.0. The fourth-order valence-electron chi connectivity index (χ4n) is 4.10. The average Bonchev–Trinajstić information content (AvgIpc) is 3.20. The number of rotatable bonds is 5. The molecule has 1 amide bonds. The smallest absolute Gasteiger partial charge is 0.224 e. The quantitative estimate of drug-likeness (QED) is 0.846. The van der Waals surface area contributed by atoms with E-state index < -0.39 is 0 Å². The summed E-state index contributed by atoms with van der Waals surface area (Å²) in [7, 11) is 0. The number of nitrogens with one attached hydrogen (secondary N) is 1. The average molecular weight is 366 g/mol. The third kappa shape index (κ3) is 3.81. The number of carbonyl (C=O) groups excluding carboxylic acids is 1. The second kappa shape index (κ2) is 8.05. The zero-order chi connectivity index (χ0) is 18.6. The first-order chi connectivity index (χ1) is 13.3. The molecule has 27 heavy (non-hydrogen) atoms. The number of aliphatic hydroxyl groups excluding tert-OH is 1. The first kappa shape index (κ1) is 17.9. The Kier molecular flexibility index (Phi) is 5.34. The molecule has 1 aromatic carbocycles. The van der Waals surface area contributed by atoms with E-state index in [0.717, 1.165) is 61.5 Å². The van der Waals surface area contributed by atoms with Crippen LogP contribution in [0.5, 0.6) is 0 Å². The number of nitrogens with zero attached hydrogens (tertiary/aromatic N) is 3. The molecule has 142 valence electrons. The van der Waals surface area contributed by atoms with Crippen molar-refractivity contribution in [3.05, 3.63) is 41.6 Å². The molecule has 1 fully saturated rings. The number of hydrogen-bond donors (Lipinski definition) is 2. The molecule has 6 nitrogen and oxygen atoms in total. The molecule has 0 radical (unpaired) electrons. The minimum Gasteiger partial charge on any atom is -0.395 e. The number of amides is 1. The molecular formula is C21H26N4O2. The molecular weight excluding hydrogens is 340 g/mol. The maximum atomic E-state index is 12.4. The number of anilines is 1. The lowest BCUT2D eigenvalue weighted by molar-refractivity contribution is -0.125. The third-order valence-corrected chi connectivity index (χ3v) is 5.45. The molecule has 0 saturated carbocycles. The molecule has 1 atom stereocenters. The molecule has 2 heterocycles. The van der Waals surface area contributed by atoms with Crippen LogP contribution in [0, 0.1) is 5.92 Å². The third-order valence-electron chi connectivity index (χ3n) is 5.45. The van der Waals surface area contributed by atoms with Gasteiger partial charge >= 0.3 is 0 Å². The second-order valence-corrected chi connectivity index (χ2v) is 7.32. The molecule has 2 aromatic rings. The summed E-state index contributed by atoms with van der Waals surface area (Å²) < 4.78 is 0. The lowest BCUT2D eigenvalue weighted by Gasteiger charge is -2.34. The fraction of sp³-hybridized carbons (Fsp3) is 0.476. The SMILES string of the molecule is O=C(NCCO)[C@H]1CCCN(c2nc(-c3ccccc3)nc3c2CCC3)C1. The summed E-state index contributed by atoms with van der Waals surface area (Å²) in [5.74, 6) is 1.76. The van der Waals surface area contributed by atoms with Crippen molar-refractivity contribution >= 4 is 11.7 Å². The number of hydrogen-bond acceptors (Lipinski definition) is 5. The van der Waals surface area contributed by atoms with Crippen LogP contribution in [0.15, 0.2) is 30.3 Å². The van der Waals surface area contributed by atoms with Crippen LogP contribution < -0.4 is 10.2 Å². The van der Waals surface area contributed by atoms with E-state index in [0.29, 0.717) is 13.1 Å². The topological polar surface area (TPSA) is 78.4 Å². The maximum absolute atomic E-state index is 12.4. The summed E-state index contributed by atoms with van der Waals surface area (Å²) >= 11 is 0. The Balaban J connectivity index is 1.62. The van der Waals surface area contributed by atoms with Gasteiger partial charge in [0.1, 0.15) is 5.82 Å². The highest BCUT2D eigenvalue weighted by Gasteiger charge is 2.30. The molecule has 6 heteroatoms. The highest BCUT2D eigenvalue weighted by Crippen LogP contribution is 2.33. The zero-order valence-corrected chi connectivity index (χ0v) is 15.5. The first-order valence-electron chi connectivity index (χ1n) is 9.85. The molecule has 1 aliphatic heterocycles. The Morgan fingerprint density at radius 3 is 2.85 bits per heavy atom. The van der Waals surface area contributed by atoms with E-state index in [-0.39, 0.29) is 18.4 Å². The van der Waals surface area contributed by atoms with Gasteiger partial charge in [-0.3, -0.25) is 4.79 Å². The Hall–Kier alpha value is -2.47. The van der Waals surface area contributed by atoms with Gasteiger partial charge in [-0.2, -0.15) is 0 Å². The predicted octanol–water partition coefficient (Wildman–Crippen LogP) is 1.96. The Morgan fingerprint density at radius 2 is 2.04 bits per heavy atom. The number of aliphatic hydroxyl groups is 1. The Labute approximate surface area is 159 Å². The van der Waals surface area contributed by atoms with Crippen molar-refractivity contribution in [1.82, 2.24) is 15.3 Å². The number of aromatic nitrogens is 2. The van der Waals surface area contributed by atoms with Crippen molar-refractivity contribution in [1.29, 1.82) is 0 Å². The summed E-state index contributed by atoms with van der Waals surface area (Å²) in [6.07, 6.45) is 4.98. The van der Waals surface area contributed by atoms with Crippen LogP contribution in [0.1, 0.15) is 30.5 Å². The maximum Gasteiger partial charge on any atom is 0.224 e. The van der Waals surface area contributed by atoms with Crippen molar-refractivity contribution in [3.63, 3.8) is 0 Å². The number of benzene rings is 1. The monoisotopic (exact) mass is 366 g/mol. The highest BCUT2D eigenvalue weighted by molar-refractivity contribution is 5.79. The Bertz CT molecular complexity index is 809. The van der Waals surface area contributed by atoms with Gasteiger partial charge in [-0.25, -0.2) is 9.97 Å². The second-order valence-electron chi connectivity index (χ2n) is 7.32. The summed E-state index contributed by atoms with van der Waals surface area (Å²) in [5, 5.41) is 11.8. The van der Waals surface area contributed by atoms with Crippen LogP contribution in [0.2, 0.25) is 0 Å². The van der Waals surface area contributed by atoms with Crippen molar-refractivity contribution in [2.45, 2.75) is 32.1 Å². The first-order valence-corrected chi connectivity index (χ1v) is 9.85. The van der Waals surface area contributed by atoms with Crippen molar-refractivity contribution in [2.75, 3.05) is 31.1 Å². The van der Waals surface area contributed by atoms with Crippen molar-refractivity contribution in [3.8, 4) is 11.4 Å². The van der Waals surface area contributed by atoms with Gasteiger partial charge in [0.15, 0.2) is 5.82 Å². The van der Waals surface area contributed by atoms with E-state index in [1.54, 1.807) is 0 Å². The largest absolute Gasteiger partial charge is 0.395 e. The molecule has 0 spiro atoms. The molecule has 4 rings (SSSR count). The zero-order valence-electron chi connectivity index (χ0n) is 15.5. The van der Waals surface area contributed by atoms with Crippen LogP contribution in [-0.2, 0) is 17.6 Å². The van der Waals surface area contributed by atoms with Crippen LogP contribution in [0.4, 0.5) is 5.82 Å². The summed E-state index contributed by atoms with van der Waals surface area (Å²) in [4.78, 5) is 24.4. The molecule has 1 aliphatic carbocycles. The van der Waals surface area contributed by atoms with E-state index in [2.05, 4.69) is 10.2 Å². The van der Waals surface area contributed by atoms with Crippen LogP contribution in [0.25, 0.3) is 11.4 Å². The fourth-order valence-corrected chi connectivity index (χ4v) is 4.10. The van der Waals surface area contributed by atoms with Gasteiger partial charge in [0, 0.05) is 36.5 Å². The minimum atomic E-state index is -0.0579. The highest BCUT2D eigenvalue weighted by atomic mass is 16.3. The van der Waals surface area contributed by atoms with Gasteiger partial charge < -0.3 is 15.3 Å². The predicted molar refractivity (Wildman–Crippen MR) is 105 cm³/mol. The van der Waals surface area contributed by atoms with E-state index in [9.17, 15) is 4.79 Å². The van der Waals surface area contributed by atoms with Gasteiger partial charge in [-0.1, -0.05) is 30.3 Å². The number of piperidine rings is 1. The number of fused-ring (bicyclic) bond motifs is 1. The van der Waals surface area contributed by atoms with Gasteiger partial charge in [-0.15, -0.1) is 0 Å². The van der Waals surface area contributed by atoms with Gasteiger partial charge in [-0.05, 0) is 32.1 Å². The summed E-state index contributed by atoms with van der Waals surface area (Å²) in [6, 6.07) is 10.1. The van der Waals surface area contributed by atoms with Crippen LogP contribution in [0.3, 0.4) is 0 Å². The van der Waals surface area contributed by atoms with Crippen LogP contribution in [-0.4, -0.2) is 47.2 Å². The summed E-state index contributed by atoms with van der Waals surface area (Å²) in [6.45, 7) is 1.88. The minimum absolute atomic E-state index is 0.0258. The molecule has 1 saturated heterocycles. The van der Waals surface area contributed by atoms with E-state index in [1.165, 1.54) is 5.56 Å². The van der Waals surface area contributed by atoms with E-state index in [4.69, 9.17) is 15.1 Å². The molecule has 0 bridgehead atoms. The van der Waals surface area contributed by atoms with E-state index in [1.807, 2.05) is 30.3 Å². The van der Waals surface area contributed by atoms with E-state index >= 15 is 0 Å². The van der Waals surface area contributed by atoms with Crippen LogP contribution >= 0.6 is 0 Å². The molecule has 2 aliphatic rings. The van der Waals surface area contributed by atoms with Gasteiger partial charge in [0.05, 0.1) is 12.5 Å². The standard InChI is InChI=1S/C21H26N4O2/c26-13-11-22-21(27)16-8-5-12-25(14-16)20-17-9-4-10-18(17)23-19(24-20)15-6-2-1-3-7-15/h1-3,6-7,16,26H,4-5,8-14H2,(H,22,27)/t16-/m0/s1. The number of aryl methyl sites for hydroxylation is 1. The number of carbonyl (C=O) groups is 1. The van der Waals surface area contributed by atoms with Crippen molar-refractivity contribution < 1.29 is 9.90 Å². The molecule has 0 unspecified atom stereocenters. The van der Waals surface area contributed by atoms with Gasteiger partial charge in [0.2, 0.25) is 5.91 Å².